The summed E-state index contributed by atoms with van der Waals surface area (Å²) in [5.41, 5.74) is 6.06. The number of nitrogens with one attached hydrogen (secondary N) is 1. The smallest absolute Gasteiger partial charge is 0.276 e. The summed E-state index contributed by atoms with van der Waals surface area (Å²) >= 11 is 1.68. The molecule has 1 aliphatic carbocycles. The van der Waals surface area contributed by atoms with Crippen LogP contribution in [0.4, 0.5) is 0 Å². The van der Waals surface area contributed by atoms with Crippen LogP contribution in [0.15, 0.2) is 52.8 Å². The molecule has 0 amide bonds. The van der Waals surface area contributed by atoms with Gasteiger partial charge < -0.3 is 0 Å². The van der Waals surface area contributed by atoms with Gasteiger partial charge in [-0.2, -0.15) is 0 Å². The van der Waals surface area contributed by atoms with Crippen molar-refractivity contribution in [3.63, 3.8) is 0 Å². The number of benzene rings is 1. The maximum absolute atomic E-state index is 12.7. The van der Waals surface area contributed by atoms with Crippen molar-refractivity contribution in [3.8, 4) is 21.6 Å². The van der Waals surface area contributed by atoms with E-state index >= 15 is 0 Å². The largest absolute Gasteiger partial charge is 0.296 e. The first kappa shape index (κ1) is 14.7. The van der Waals surface area contributed by atoms with Crippen LogP contribution in [-0.2, 0) is 12.8 Å². The monoisotopic (exact) mass is 347 g/mol. The van der Waals surface area contributed by atoms with E-state index in [0.717, 1.165) is 53.0 Å². The maximum atomic E-state index is 12.7. The fourth-order valence-electron chi connectivity index (χ4n) is 3.59. The highest BCUT2D eigenvalue weighted by Gasteiger charge is 2.19. The van der Waals surface area contributed by atoms with Crippen LogP contribution in [-0.4, -0.2) is 14.6 Å². The highest BCUT2D eigenvalue weighted by atomic mass is 32.1. The fraction of sp³-hybridized carbons (Fsp3) is 0.200. The fourth-order valence-corrected chi connectivity index (χ4v) is 4.52. The third-order valence-electron chi connectivity index (χ3n) is 4.90. The molecular formula is C20H17N3OS. The van der Waals surface area contributed by atoms with Gasteiger partial charge in [0.2, 0.25) is 0 Å². The van der Waals surface area contributed by atoms with Crippen molar-refractivity contribution in [2.75, 3.05) is 0 Å². The van der Waals surface area contributed by atoms with Crippen LogP contribution in [0.2, 0.25) is 0 Å². The third kappa shape index (κ3) is 2.35. The van der Waals surface area contributed by atoms with Gasteiger partial charge in [-0.15, -0.1) is 11.3 Å². The normalized spacial score (nSPS) is 13.9. The Balaban J connectivity index is 1.66. The minimum absolute atomic E-state index is 0.0609. The zero-order valence-corrected chi connectivity index (χ0v) is 14.5. The molecule has 3 aromatic heterocycles. The van der Waals surface area contributed by atoms with Crippen molar-refractivity contribution >= 4 is 17.0 Å². The Kier molecular flexibility index (Phi) is 3.35. The first-order valence-electron chi connectivity index (χ1n) is 8.57. The number of H-pyrrole nitrogens is 1. The molecule has 0 saturated carbocycles. The SMILES string of the molecule is O=c1c2c(nc3c(-c4cc(-c5ccccc5)cs4)c[nH]n13)CCCC2. The van der Waals surface area contributed by atoms with Gasteiger partial charge in [0.1, 0.15) is 0 Å². The highest BCUT2D eigenvalue weighted by molar-refractivity contribution is 7.14. The molecule has 4 aromatic rings. The van der Waals surface area contributed by atoms with Crippen molar-refractivity contribution in [1.29, 1.82) is 0 Å². The van der Waals surface area contributed by atoms with E-state index in [1.807, 2.05) is 24.4 Å². The molecule has 0 saturated heterocycles. The topological polar surface area (TPSA) is 50.2 Å². The number of thiophene rings is 1. The second-order valence-electron chi connectivity index (χ2n) is 6.46. The van der Waals surface area contributed by atoms with E-state index in [1.54, 1.807) is 15.9 Å². The van der Waals surface area contributed by atoms with Gasteiger partial charge in [-0.3, -0.25) is 9.89 Å². The summed E-state index contributed by atoms with van der Waals surface area (Å²) in [6, 6.07) is 12.5. The Bertz CT molecular complexity index is 1120. The van der Waals surface area contributed by atoms with Crippen molar-refractivity contribution in [2.24, 2.45) is 0 Å². The molecule has 0 aliphatic heterocycles. The Hall–Kier alpha value is -2.66. The van der Waals surface area contributed by atoms with Crippen LogP contribution >= 0.6 is 11.3 Å². The minimum Gasteiger partial charge on any atom is -0.296 e. The zero-order chi connectivity index (χ0) is 16.8. The molecule has 0 spiro atoms. The lowest BCUT2D eigenvalue weighted by Gasteiger charge is -2.13. The summed E-state index contributed by atoms with van der Waals surface area (Å²) in [6.45, 7) is 0. The second kappa shape index (κ2) is 5.70. The van der Waals surface area contributed by atoms with Crippen LogP contribution in [0.1, 0.15) is 24.1 Å². The van der Waals surface area contributed by atoms with Gasteiger partial charge in [-0.1, -0.05) is 30.3 Å². The summed E-state index contributed by atoms with van der Waals surface area (Å²) in [4.78, 5) is 18.7. The van der Waals surface area contributed by atoms with Crippen molar-refractivity contribution < 1.29 is 0 Å². The predicted molar refractivity (Wildman–Crippen MR) is 101 cm³/mol. The summed E-state index contributed by atoms with van der Waals surface area (Å²) in [5.74, 6) is 0. The number of rotatable bonds is 2. The van der Waals surface area contributed by atoms with E-state index < -0.39 is 0 Å². The van der Waals surface area contributed by atoms with Gasteiger partial charge in [0.05, 0.1) is 11.3 Å². The van der Waals surface area contributed by atoms with Gasteiger partial charge in [0.25, 0.3) is 5.56 Å². The van der Waals surface area contributed by atoms with Crippen molar-refractivity contribution in [2.45, 2.75) is 25.7 Å². The molecule has 25 heavy (non-hydrogen) atoms. The van der Waals surface area contributed by atoms with Crippen LogP contribution < -0.4 is 5.56 Å². The summed E-state index contributed by atoms with van der Waals surface area (Å²) in [6.07, 6.45) is 5.85. The first-order valence-corrected chi connectivity index (χ1v) is 9.45. The molecule has 0 bridgehead atoms. The number of fused-ring (bicyclic) bond motifs is 2. The molecule has 0 fully saturated rings. The van der Waals surface area contributed by atoms with E-state index in [2.05, 4.69) is 28.7 Å². The molecule has 4 nitrogen and oxygen atoms in total. The summed E-state index contributed by atoms with van der Waals surface area (Å²) < 4.78 is 1.60. The standard InChI is InChI=1S/C20H17N3OS/c24-20-15-8-4-5-9-17(15)22-19-16(11-21-23(19)20)18-10-14(12-25-18)13-6-2-1-3-7-13/h1-3,6-7,10-12,21H,4-5,8-9H2. The molecular weight excluding hydrogens is 330 g/mol. The number of aryl methyl sites for hydroxylation is 1. The molecule has 124 valence electrons. The average molecular weight is 347 g/mol. The molecule has 0 unspecified atom stereocenters. The van der Waals surface area contributed by atoms with E-state index in [1.165, 1.54) is 11.1 Å². The number of aromatic nitrogens is 3. The summed E-state index contributed by atoms with van der Waals surface area (Å²) in [5, 5.41) is 5.26. The van der Waals surface area contributed by atoms with Crippen LogP contribution in [0.3, 0.4) is 0 Å². The zero-order valence-electron chi connectivity index (χ0n) is 13.7. The number of hydrogen-bond donors (Lipinski definition) is 1. The van der Waals surface area contributed by atoms with Crippen LogP contribution in [0.25, 0.3) is 27.2 Å². The Labute approximate surface area is 148 Å². The Morgan fingerprint density at radius 2 is 1.92 bits per heavy atom. The van der Waals surface area contributed by atoms with Crippen LogP contribution in [0.5, 0.6) is 0 Å². The van der Waals surface area contributed by atoms with Gasteiger partial charge >= 0.3 is 0 Å². The molecule has 1 aromatic carbocycles. The maximum Gasteiger partial charge on any atom is 0.276 e. The first-order chi connectivity index (χ1) is 12.3. The van der Waals surface area contributed by atoms with Crippen LogP contribution in [0, 0.1) is 0 Å². The highest BCUT2D eigenvalue weighted by Crippen LogP contribution is 2.34. The molecule has 1 N–H and O–H groups in total. The molecule has 1 aliphatic rings. The number of hydrogen-bond acceptors (Lipinski definition) is 3. The number of aromatic amines is 1. The van der Waals surface area contributed by atoms with Gasteiger partial charge in [0, 0.05) is 16.6 Å². The van der Waals surface area contributed by atoms with Crippen molar-refractivity contribution in [3.05, 3.63) is 69.6 Å². The van der Waals surface area contributed by atoms with E-state index in [0.29, 0.717) is 0 Å². The molecule has 5 rings (SSSR count). The van der Waals surface area contributed by atoms with Crippen molar-refractivity contribution in [1.82, 2.24) is 14.6 Å². The number of nitrogens with zero attached hydrogens (tertiary/aromatic N) is 2. The third-order valence-corrected chi connectivity index (χ3v) is 5.87. The second-order valence-corrected chi connectivity index (χ2v) is 7.37. The lowest BCUT2D eigenvalue weighted by atomic mass is 9.97. The lowest BCUT2D eigenvalue weighted by Crippen LogP contribution is -2.24. The minimum atomic E-state index is 0.0609. The predicted octanol–water partition coefficient (Wildman–Crippen LogP) is 4.30. The van der Waals surface area contributed by atoms with E-state index in [9.17, 15) is 4.79 Å². The van der Waals surface area contributed by atoms with Gasteiger partial charge in [-0.05, 0) is 48.3 Å². The Morgan fingerprint density at radius 1 is 1.08 bits per heavy atom. The van der Waals surface area contributed by atoms with E-state index in [4.69, 9.17) is 4.98 Å². The molecule has 0 atom stereocenters. The van der Waals surface area contributed by atoms with Gasteiger partial charge in [-0.25, -0.2) is 9.50 Å². The molecule has 3 heterocycles. The molecule has 0 radical (unpaired) electrons. The van der Waals surface area contributed by atoms with Gasteiger partial charge in [0.15, 0.2) is 5.65 Å². The summed E-state index contributed by atoms with van der Waals surface area (Å²) in [7, 11) is 0. The lowest BCUT2D eigenvalue weighted by molar-refractivity contribution is 0.651. The Morgan fingerprint density at radius 3 is 2.80 bits per heavy atom. The quantitative estimate of drug-likeness (QED) is 0.588. The van der Waals surface area contributed by atoms with E-state index in [-0.39, 0.29) is 5.56 Å². The average Bonchev–Trinajstić information content (AvgIpc) is 3.30. The molecule has 5 heteroatoms.